The molecule has 122 valence electrons. The largest absolute Gasteiger partial charge is 0.480 e. The first-order valence-electron chi connectivity index (χ1n) is 7.08. The van der Waals surface area contributed by atoms with Crippen LogP contribution in [-0.4, -0.2) is 43.2 Å². The zero-order valence-corrected chi connectivity index (χ0v) is 13.5. The third-order valence-electron chi connectivity index (χ3n) is 3.61. The summed E-state index contributed by atoms with van der Waals surface area (Å²) in [6.07, 6.45) is 3.52. The highest BCUT2D eigenvalue weighted by Gasteiger charge is 2.43. The second-order valence-electron chi connectivity index (χ2n) is 6.16. The minimum Gasteiger partial charge on any atom is -0.480 e. The zero-order chi connectivity index (χ0) is 16.3. The Hall–Kier alpha value is -1.15. The molecule has 3 N–H and O–H groups in total. The van der Waals surface area contributed by atoms with Gasteiger partial charge in [-0.2, -0.15) is 0 Å². The maximum atomic E-state index is 12.3. The summed E-state index contributed by atoms with van der Waals surface area (Å²) in [7, 11) is -3.55. The fraction of sp³-hybridized carbons (Fsp3) is 0.846. The molecule has 0 aliphatic heterocycles. The molecule has 1 saturated carbocycles. The van der Waals surface area contributed by atoms with E-state index in [0.717, 1.165) is 19.1 Å². The second-order valence-corrected chi connectivity index (χ2v) is 7.94. The fourth-order valence-electron chi connectivity index (χ4n) is 2.63. The molecule has 0 aromatic rings. The summed E-state index contributed by atoms with van der Waals surface area (Å²) >= 11 is 0. The van der Waals surface area contributed by atoms with Crippen LogP contribution in [0.3, 0.4) is 0 Å². The molecule has 0 aromatic carbocycles. The molecule has 1 rings (SSSR count). The Labute approximate surface area is 125 Å². The maximum absolute atomic E-state index is 12.3. The number of sulfonamides is 1. The number of carboxylic acid groups (broad SMARTS) is 1. The lowest BCUT2D eigenvalue weighted by molar-refractivity contribution is -0.147. The van der Waals surface area contributed by atoms with E-state index in [-0.39, 0.29) is 5.92 Å². The lowest BCUT2D eigenvalue weighted by atomic mass is 9.96. The van der Waals surface area contributed by atoms with E-state index in [9.17, 15) is 23.1 Å². The molecule has 0 radical (unpaired) electrons. The number of carbonyl (C=O) groups excluding carboxylic acids is 1. The molecule has 0 heterocycles. The Balaban J connectivity index is 2.87. The summed E-state index contributed by atoms with van der Waals surface area (Å²) in [6.45, 7) is 3.74. The van der Waals surface area contributed by atoms with Crippen LogP contribution in [0.25, 0.3) is 0 Å². The molecule has 0 saturated heterocycles. The van der Waals surface area contributed by atoms with Crippen LogP contribution in [-0.2, 0) is 19.6 Å². The molecule has 0 bridgehead atoms. The van der Waals surface area contributed by atoms with Crippen LogP contribution >= 0.6 is 0 Å². The number of nitrogens with one attached hydrogen (secondary N) is 2. The van der Waals surface area contributed by atoms with Gasteiger partial charge < -0.3 is 10.4 Å². The molecule has 21 heavy (non-hydrogen) atoms. The molecule has 1 fully saturated rings. The predicted octanol–water partition coefficient (Wildman–Crippen LogP) is 0.464. The summed E-state index contributed by atoms with van der Waals surface area (Å²) in [6, 6.07) is -0.947. The molecule has 8 heteroatoms. The lowest BCUT2D eigenvalue weighted by Gasteiger charge is -2.28. The van der Waals surface area contributed by atoms with Crippen LogP contribution in [0.5, 0.6) is 0 Å². The maximum Gasteiger partial charge on any atom is 0.329 e. The highest BCUT2D eigenvalue weighted by molar-refractivity contribution is 7.88. The van der Waals surface area contributed by atoms with Crippen molar-refractivity contribution in [1.82, 2.24) is 10.0 Å². The highest BCUT2D eigenvalue weighted by atomic mass is 32.2. The van der Waals surface area contributed by atoms with E-state index in [4.69, 9.17) is 0 Å². The quantitative estimate of drug-likeness (QED) is 0.631. The molecule has 1 amide bonds. The Morgan fingerprint density at radius 2 is 1.76 bits per heavy atom. The number of aliphatic carboxylic acids is 1. The Kier molecular flexibility index (Phi) is 5.75. The molecule has 1 aliphatic rings. The molecule has 7 nitrogen and oxygen atoms in total. The molecule has 1 atom stereocenters. The molecular formula is C13H24N2O5S. The topological polar surface area (TPSA) is 113 Å². The van der Waals surface area contributed by atoms with Crippen LogP contribution in [0.15, 0.2) is 0 Å². The van der Waals surface area contributed by atoms with Gasteiger partial charge in [0.15, 0.2) is 0 Å². The van der Waals surface area contributed by atoms with E-state index < -0.39 is 33.5 Å². The third-order valence-corrected chi connectivity index (χ3v) is 4.32. The minimum atomic E-state index is -3.55. The summed E-state index contributed by atoms with van der Waals surface area (Å²) in [5, 5.41) is 11.9. The van der Waals surface area contributed by atoms with E-state index >= 15 is 0 Å². The van der Waals surface area contributed by atoms with Crippen LogP contribution in [0.4, 0.5) is 0 Å². The van der Waals surface area contributed by atoms with Crippen molar-refractivity contribution in [3.63, 3.8) is 0 Å². The highest BCUT2D eigenvalue weighted by Crippen LogP contribution is 2.30. The van der Waals surface area contributed by atoms with Crippen molar-refractivity contribution in [2.45, 2.75) is 57.5 Å². The first-order chi connectivity index (χ1) is 9.56. The number of carbonyl (C=O) groups is 2. The summed E-state index contributed by atoms with van der Waals surface area (Å²) in [4.78, 5) is 23.8. The van der Waals surface area contributed by atoms with E-state index in [1.54, 1.807) is 0 Å². The van der Waals surface area contributed by atoms with E-state index in [1.165, 1.54) is 0 Å². The lowest BCUT2D eigenvalue weighted by Crippen LogP contribution is -2.58. The predicted molar refractivity (Wildman–Crippen MR) is 78.2 cm³/mol. The Bertz CT molecular complexity index is 495. The number of hydrogen-bond acceptors (Lipinski definition) is 4. The van der Waals surface area contributed by atoms with Gasteiger partial charge >= 0.3 is 5.97 Å². The summed E-state index contributed by atoms with van der Waals surface area (Å²) in [5.74, 6) is -1.53. The summed E-state index contributed by atoms with van der Waals surface area (Å²) in [5.41, 5.74) is -1.26. The van der Waals surface area contributed by atoms with Gasteiger partial charge in [-0.15, -0.1) is 0 Å². The van der Waals surface area contributed by atoms with E-state index in [1.807, 2.05) is 13.8 Å². The first kappa shape index (κ1) is 17.9. The number of carboxylic acids is 1. The van der Waals surface area contributed by atoms with Crippen molar-refractivity contribution in [1.29, 1.82) is 0 Å². The van der Waals surface area contributed by atoms with Gasteiger partial charge in [-0.3, -0.25) is 4.79 Å². The minimum absolute atomic E-state index is 0.0966. The van der Waals surface area contributed by atoms with Crippen molar-refractivity contribution in [3.8, 4) is 0 Å². The van der Waals surface area contributed by atoms with Gasteiger partial charge in [0.05, 0.1) is 6.26 Å². The second kappa shape index (κ2) is 6.74. The summed E-state index contributed by atoms with van der Waals surface area (Å²) < 4.78 is 25.0. The average Bonchev–Trinajstić information content (AvgIpc) is 2.75. The average molecular weight is 320 g/mol. The SMILES string of the molecule is CC(C)CC(NS(C)(=O)=O)C(=O)NC1(C(=O)O)CCCC1. The van der Waals surface area contributed by atoms with Crippen LogP contribution in [0, 0.1) is 5.92 Å². The van der Waals surface area contributed by atoms with Crippen molar-refractivity contribution in [2.24, 2.45) is 5.92 Å². The molecule has 0 aromatic heterocycles. The number of hydrogen-bond donors (Lipinski definition) is 3. The zero-order valence-electron chi connectivity index (χ0n) is 12.7. The van der Waals surface area contributed by atoms with Crippen molar-refractivity contribution in [2.75, 3.05) is 6.26 Å². The number of rotatable bonds is 7. The van der Waals surface area contributed by atoms with Crippen LogP contribution in [0.1, 0.15) is 46.0 Å². The standard InChI is InChI=1S/C13H24N2O5S/c1-9(2)8-10(15-21(3,19)20)11(16)14-13(12(17)18)6-4-5-7-13/h9-10,15H,4-8H2,1-3H3,(H,14,16)(H,17,18). The molecule has 1 unspecified atom stereocenters. The van der Waals surface area contributed by atoms with Gasteiger partial charge in [0.1, 0.15) is 11.6 Å². The first-order valence-corrected chi connectivity index (χ1v) is 8.97. The molecule has 0 spiro atoms. The van der Waals surface area contributed by atoms with Gasteiger partial charge in [-0.05, 0) is 25.2 Å². The van der Waals surface area contributed by atoms with Gasteiger partial charge in [-0.1, -0.05) is 26.7 Å². The fourth-order valence-corrected chi connectivity index (χ4v) is 3.35. The Morgan fingerprint density at radius 3 is 2.14 bits per heavy atom. The van der Waals surface area contributed by atoms with E-state index in [0.29, 0.717) is 19.3 Å². The third kappa shape index (κ3) is 5.28. The van der Waals surface area contributed by atoms with Gasteiger partial charge in [0.2, 0.25) is 15.9 Å². The van der Waals surface area contributed by atoms with Crippen molar-refractivity contribution >= 4 is 21.9 Å². The normalized spacial score (nSPS) is 19.4. The van der Waals surface area contributed by atoms with Crippen molar-refractivity contribution in [3.05, 3.63) is 0 Å². The molecular weight excluding hydrogens is 296 g/mol. The van der Waals surface area contributed by atoms with Crippen molar-refractivity contribution < 1.29 is 23.1 Å². The van der Waals surface area contributed by atoms with E-state index in [2.05, 4.69) is 10.0 Å². The van der Waals surface area contributed by atoms with Crippen LogP contribution < -0.4 is 10.0 Å². The Morgan fingerprint density at radius 1 is 1.24 bits per heavy atom. The van der Waals surface area contributed by atoms with Gasteiger partial charge in [0.25, 0.3) is 0 Å². The molecule has 1 aliphatic carbocycles. The smallest absolute Gasteiger partial charge is 0.329 e. The monoisotopic (exact) mass is 320 g/mol. The van der Waals surface area contributed by atoms with Crippen LogP contribution in [0.2, 0.25) is 0 Å². The number of amides is 1. The van der Waals surface area contributed by atoms with Gasteiger partial charge in [-0.25, -0.2) is 17.9 Å². The van der Waals surface area contributed by atoms with Gasteiger partial charge in [0, 0.05) is 0 Å².